The van der Waals surface area contributed by atoms with E-state index >= 15 is 0 Å². The number of carbonyl (C=O) groups is 1. The van der Waals surface area contributed by atoms with Crippen LogP contribution in [0.15, 0.2) is 60.7 Å². The summed E-state index contributed by atoms with van der Waals surface area (Å²) in [4.78, 5) is 14.0. The maximum Gasteiger partial charge on any atom is 0.217 e. The molecule has 4 nitrogen and oxygen atoms in total. The predicted molar refractivity (Wildman–Crippen MR) is 104 cm³/mol. The van der Waals surface area contributed by atoms with Crippen molar-refractivity contribution in [3.8, 4) is 0 Å². The number of carbonyl (C=O) groups excluding carboxylic acids is 1. The number of hydrogen-bond donors (Lipinski definition) is 2. The minimum Gasteiger partial charge on any atom is -0.394 e. The molecule has 26 heavy (non-hydrogen) atoms. The van der Waals surface area contributed by atoms with Gasteiger partial charge < -0.3 is 10.4 Å². The van der Waals surface area contributed by atoms with Gasteiger partial charge in [-0.05, 0) is 30.9 Å². The number of benzene rings is 2. The lowest BCUT2D eigenvalue weighted by atomic mass is 9.75. The number of likely N-dealkylation sites (tertiary alicyclic amines) is 1. The molecule has 0 aliphatic carbocycles. The third-order valence-corrected chi connectivity index (χ3v) is 5.50. The Labute approximate surface area is 155 Å². The lowest BCUT2D eigenvalue weighted by Gasteiger charge is -2.53. The molecule has 2 N–H and O–H groups in total. The molecule has 1 amide bonds. The molecule has 1 saturated heterocycles. The molecule has 1 aliphatic heterocycles. The minimum atomic E-state index is -0.435. The van der Waals surface area contributed by atoms with Crippen molar-refractivity contribution in [2.45, 2.75) is 44.3 Å². The third-order valence-electron chi connectivity index (χ3n) is 5.50. The van der Waals surface area contributed by atoms with Crippen molar-refractivity contribution in [1.82, 2.24) is 10.2 Å². The van der Waals surface area contributed by atoms with Crippen LogP contribution in [-0.2, 0) is 16.9 Å². The Morgan fingerprint density at radius 2 is 1.69 bits per heavy atom. The topological polar surface area (TPSA) is 52.6 Å². The predicted octanol–water partition coefficient (Wildman–Crippen LogP) is 3.07. The van der Waals surface area contributed by atoms with Crippen LogP contribution in [0.4, 0.5) is 0 Å². The van der Waals surface area contributed by atoms with Crippen LogP contribution < -0.4 is 5.32 Å². The third kappa shape index (κ3) is 3.81. The fourth-order valence-corrected chi connectivity index (χ4v) is 4.18. The van der Waals surface area contributed by atoms with Gasteiger partial charge in [0.1, 0.15) is 0 Å². The van der Waals surface area contributed by atoms with Gasteiger partial charge in [0.05, 0.1) is 12.1 Å². The summed E-state index contributed by atoms with van der Waals surface area (Å²) in [5, 5.41) is 13.6. The average molecular weight is 352 g/mol. The Kier molecular flexibility index (Phi) is 5.44. The molecule has 138 valence electrons. The summed E-state index contributed by atoms with van der Waals surface area (Å²) in [6, 6.07) is 20.5. The summed E-state index contributed by atoms with van der Waals surface area (Å²) in [6.45, 7) is 5.14. The van der Waals surface area contributed by atoms with Crippen LogP contribution in [0.5, 0.6) is 0 Å². The largest absolute Gasteiger partial charge is 0.394 e. The summed E-state index contributed by atoms with van der Waals surface area (Å²) in [6.07, 6.45) is 1.62. The van der Waals surface area contributed by atoms with E-state index in [4.69, 9.17) is 0 Å². The van der Waals surface area contributed by atoms with Crippen LogP contribution in [0.2, 0.25) is 0 Å². The Morgan fingerprint density at radius 3 is 2.27 bits per heavy atom. The van der Waals surface area contributed by atoms with E-state index in [2.05, 4.69) is 41.4 Å². The molecule has 2 aromatic carbocycles. The number of nitrogens with zero attached hydrogens (tertiary/aromatic N) is 1. The lowest BCUT2D eigenvalue weighted by Crippen LogP contribution is -2.63. The summed E-state index contributed by atoms with van der Waals surface area (Å²) < 4.78 is 0. The SMILES string of the molecule is CC(=O)N[C@@]1(C)CC[C@](CO)(c2ccccc2)N(Cc2ccccc2)C1. The second-order valence-corrected chi connectivity index (χ2v) is 7.64. The zero-order chi connectivity index (χ0) is 18.6. The number of piperidine rings is 1. The van der Waals surface area contributed by atoms with E-state index in [1.165, 1.54) is 5.56 Å². The average Bonchev–Trinajstić information content (AvgIpc) is 2.63. The second-order valence-electron chi connectivity index (χ2n) is 7.64. The van der Waals surface area contributed by atoms with Crippen molar-refractivity contribution in [2.75, 3.05) is 13.2 Å². The first kappa shape index (κ1) is 18.6. The number of rotatable bonds is 5. The number of aliphatic hydroxyl groups excluding tert-OH is 1. The molecule has 4 heteroatoms. The van der Waals surface area contributed by atoms with Crippen molar-refractivity contribution >= 4 is 5.91 Å². The van der Waals surface area contributed by atoms with Gasteiger partial charge in [0.2, 0.25) is 5.91 Å². The normalized spacial score (nSPS) is 26.4. The summed E-state index contributed by atoms with van der Waals surface area (Å²) >= 11 is 0. The van der Waals surface area contributed by atoms with Crippen LogP contribution in [0.1, 0.15) is 37.8 Å². The first-order chi connectivity index (χ1) is 12.5. The van der Waals surface area contributed by atoms with Crippen molar-refractivity contribution in [3.63, 3.8) is 0 Å². The van der Waals surface area contributed by atoms with Gasteiger partial charge in [-0.2, -0.15) is 0 Å². The van der Waals surface area contributed by atoms with Crippen molar-refractivity contribution < 1.29 is 9.90 Å². The quantitative estimate of drug-likeness (QED) is 0.870. The molecule has 2 aromatic rings. The molecule has 0 saturated carbocycles. The Morgan fingerprint density at radius 1 is 1.08 bits per heavy atom. The fourth-order valence-electron chi connectivity index (χ4n) is 4.18. The van der Waals surface area contributed by atoms with Crippen LogP contribution >= 0.6 is 0 Å². The number of hydrogen-bond acceptors (Lipinski definition) is 3. The van der Waals surface area contributed by atoms with E-state index in [1.807, 2.05) is 36.4 Å². The fraction of sp³-hybridized carbons (Fsp3) is 0.409. The molecular weight excluding hydrogens is 324 g/mol. The van der Waals surface area contributed by atoms with E-state index < -0.39 is 5.54 Å². The molecule has 3 rings (SSSR count). The van der Waals surface area contributed by atoms with Crippen LogP contribution in [0.3, 0.4) is 0 Å². The molecule has 1 heterocycles. The highest BCUT2D eigenvalue weighted by Crippen LogP contribution is 2.41. The standard InChI is InChI=1S/C22H28N2O2/c1-18(26)23-21(2)13-14-22(17-25,20-11-7-4-8-12-20)24(16-21)15-19-9-5-3-6-10-19/h3-12,25H,13-17H2,1-2H3,(H,23,26)/t21-,22-/m0/s1. The van der Waals surface area contributed by atoms with Gasteiger partial charge >= 0.3 is 0 Å². The Balaban J connectivity index is 1.97. The zero-order valence-electron chi connectivity index (χ0n) is 15.6. The van der Waals surface area contributed by atoms with Gasteiger partial charge in [-0.25, -0.2) is 0 Å². The van der Waals surface area contributed by atoms with E-state index in [0.29, 0.717) is 6.54 Å². The maximum atomic E-state index is 11.7. The zero-order valence-corrected chi connectivity index (χ0v) is 15.6. The number of nitrogens with one attached hydrogen (secondary N) is 1. The molecule has 0 spiro atoms. The highest BCUT2D eigenvalue weighted by molar-refractivity contribution is 5.73. The molecule has 0 bridgehead atoms. The van der Waals surface area contributed by atoms with Crippen molar-refractivity contribution in [1.29, 1.82) is 0 Å². The summed E-state index contributed by atoms with van der Waals surface area (Å²) in [5.74, 6) is -0.0108. The summed E-state index contributed by atoms with van der Waals surface area (Å²) in [5.41, 5.74) is 1.60. The smallest absolute Gasteiger partial charge is 0.217 e. The first-order valence-electron chi connectivity index (χ1n) is 9.22. The molecule has 0 unspecified atom stereocenters. The van der Waals surface area contributed by atoms with Crippen LogP contribution in [0, 0.1) is 0 Å². The highest BCUT2D eigenvalue weighted by atomic mass is 16.3. The minimum absolute atomic E-state index is 0.0108. The Bertz CT molecular complexity index is 734. The van der Waals surface area contributed by atoms with Gasteiger partial charge in [-0.15, -0.1) is 0 Å². The van der Waals surface area contributed by atoms with Gasteiger partial charge in [0, 0.05) is 25.6 Å². The monoisotopic (exact) mass is 352 g/mol. The second kappa shape index (κ2) is 7.60. The van der Waals surface area contributed by atoms with E-state index in [0.717, 1.165) is 24.9 Å². The maximum absolute atomic E-state index is 11.7. The number of amides is 1. The van der Waals surface area contributed by atoms with E-state index in [-0.39, 0.29) is 18.1 Å². The highest BCUT2D eigenvalue weighted by Gasteiger charge is 2.46. The Hall–Kier alpha value is -2.17. The van der Waals surface area contributed by atoms with Gasteiger partial charge in [0.25, 0.3) is 0 Å². The first-order valence-corrected chi connectivity index (χ1v) is 9.22. The molecule has 1 aliphatic rings. The van der Waals surface area contributed by atoms with Crippen molar-refractivity contribution in [3.05, 3.63) is 71.8 Å². The molecule has 0 aromatic heterocycles. The van der Waals surface area contributed by atoms with Gasteiger partial charge in [-0.3, -0.25) is 9.69 Å². The van der Waals surface area contributed by atoms with Crippen LogP contribution in [-0.4, -0.2) is 34.6 Å². The van der Waals surface area contributed by atoms with Gasteiger partial charge in [0.15, 0.2) is 0 Å². The molecular formula is C22H28N2O2. The molecule has 1 fully saturated rings. The van der Waals surface area contributed by atoms with E-state index in [1.54, 1.807) is 6.92 Å². The lowest BCUT2D eigenvalue weighted by molar-refractivity contribution is -0.123. The molecule has 2 atom stereocenters. The summed E-state index contributed by atoms with van der Waals surface area (Å²) in [7, 11) is 0. The molecule has 0 radical (unpaired) electrons. The van der Waals surface area contributed by atoms with Gasteiger partial charge in [-0.1, -0.05) is 60.7 Å². The van der Waals surface area contributed by atoms with Crippen LogP contribution in [0.25, 0.3) is 0 Å². The van der Waals surface area contributed by atoms with E-state index in [9.17, 15) is 9.90 Å². The number of aliphatic hydroxyl groups is 1. The van der Waals surface area contributed by atoms with Crippen molar-refractivity contribution in [2.24, 2.45) is 0 Å².